The van der Waals surface area contributed by atoms with E-state index in [-0.39, 0.29) is 12.1 Å². The van der Waals surface area contributed by atoms with E-state index in [9.17, 15) is 0 Å². The van der Waals surface area contributed by atoms with E-state index in [1.54, 1.807) is 6.20 Å². The molecule has 1 fully saturated rings. The van der Waals surface area contributed by atoms with Crippen LogP contribution in [0.3, 0.4) is 0 Å². The van der Waals surface area contributed by atoms with Crippen molar-refractivity contribution in [1.29, 1.82) is 0 Å². The molecule has 23 heavy (non-hydrogen) atoms. The Morgan fingerprint density at radius 3 is 2.22 bits per heavy atom. The van der Waals surface area contributed by atoms with Gasteiger partial charge in [0.15, 0.2) is 0 Å². The molecule has 3 aromatic rings. The van der Waals surface area contributed by atoms with Gasteiger partial charge in [-0.2, -0.15) is 0 Å². The fourth-order valence-electron chi connectivity index (χ4n) is 3.08. The molecule has 2 atom stereocenters. The van der Waals surface area contributed by atoms with Crippen LogP contribution in [-0.4, -0.2) is 4.98 Å². The van der Waals surface area contributed by atoms with Crippen molar-refractivity contribution in [3.05, 3.63) is 96.3 Å². The minimum Gasteiger partial charge on any atom is -0.265 e. The number of para-hydroxylation sites is 1. The average molecular weight is 302 g/mol. The quantitative estimate of drug-likeness (QED) is 0.701. The van der Waals surface area contributed by atoms with E-state index in [0.717, 1.165) is 12.1 Å². The molecule has 0 N–H and O–H groups in total. The van der Waals surface area contributed by atoms with E-state index >= 15 is 0 Å². The fourth-order valence-corrected chi connectivity index (χ4v) is 3.08. The second-order valence-corrected chi connectivity index (χ2v) is 5.70. The summed E-state index contributed by atoms with van der Waals surface area (Å²) in [5, 5.41) is 2.02. The normalized spacial score (nSPS) is 20.6. The predicted octanol–water partition coefficient (Wildman–Crippen LogP) is 4.71. The van der Waals surface area contributed by atoms with Crippen LogP contribution in [0.1, 0.15) is 29.7 Å². The predicted molar refractivity (Wildman–Crippen MR) is 90.8 cm³/mol. The van der Waals surface area contributed by atoms with Gasteiger partial charge in [0.05, 0.1) is 11.7 Å². The summed E-state index contributed by atoms with van der Waals surface area (Å²) in [5.74, 6) is 0. The van der Waals surface area contributed by atoms with Gasteiger partial charge in [-0.15, -0.1) is 0 Å². The molecule has 1 saturated heterocycles. The number of pyridine rings is 1. The van der Waals surface area contributed by atoms with Gasteiger partial charge in [-0.3, -0.25) is 9.82 Å². The van der Waals surface area contributed by atoms with Crippen molar-refractivity contribution in [2.75, 3.05) is 5.06 Å². The molecule has 114 valence electrons. The summed E-state index contributed by atoms with van der Waals surface area (Å²) in [7, 11) is 0. The van der Waals surface area contributed by atoms with Crippen molar-refractivity contribution >= 4 is 5.69 Å². The van der Waals surface area contributed by atoms with Gasteiger partial charge < -0.3 is 0 Å². The highest BCUT2D eigenvalue weighted by molar-refractivity contribution is 5.47. The van der Waals surface area contributed by atoms with Crippen molar-refractivity contribution in [3.63, 3.8) is 0 Å². The maximum absolute atomic E-state index is 6.31. The third-order valence-electron chi connectivity index (χ3n) is 4.21. The topological polar surface area (TPSA) is 25.4 Å². The molecular formula is C20H18N2O. The average Bonchev–Trinajstić information content (AvgIpc) is 3.09. The van der Waals surface area contributed by atoms with Crippen LogP contribution >= 0.6 is 0 Å². The monoisotopic (exact) mass is 302 g/mol. The maximum Gasteiger partial charge on any atom is 0.113 e. The second-order valence-electron chi connectivity index (χ2n) is 5.70. The Morgan fingerprint density at radius 1 is 0.826 bits per heavy atom. The molecule has 1 aliphatic rings. The minimum absolute atomic E-state index is 0.0570. The molecule has 0 bridgehead atoms. The largest absolute Gasteiger partial charge is 0.265 e. The van der Waals surface area contributed by atoms with Gasteiger partial charge in [-0.05, 0) is 29.3 Å². The van der Waals surface area contributed by atoms with Gasteiger partial charge in [0.2, 0.25) is 0 Å². The van der Waals surface area contributed by atoms with Gasteiger partial charge in [-0.1, -0.05) is 54.6 Å². The van der Waals surface area contributed by atoms with Crippen LogP contribution in [0.2, 0.25) is 0 Å². The highest BCUT2D eigenvalue weighted by atomic mass is 16.7. The Balaban J connectivity index is 1.70. The van der Waals surface area contributed by atoms with Crippen LogP contribution in [0.5, 0.6) is 0 Å². The first-order chi connectivity index (χ1) is 11.4. The Morgan fingerprint density at radius 2 is 1.52 bits per heavy atom. The first-order valence-electron chi connectivity index (χ1n) is 7.88. The third kappa shape index (κ3) is 2.83. The molecule has 0 spiro atoms. The van der Waals surface area contributed by atoms with E-state index in [0.29, 0.717) is 0 Å². The Labute approximate surface area is 136 Å². The van der Waals surface area contributed by atoms with E-state index < -0.39 is 0 Å². The molecule has 2 heterocycles. The zero-order chi connectivity index (χ0) is 15.5. The number of hydrogen-bond donors (Lipinski definition) is 0. The Bertz CT molecular complexity index is 699. The highest BCUT2D eigenvalue weighted by Crippen LogP contribution is 2.43. The fraction of sp³-hybridized carbons (Fsp3) is 0.150. The van der Waals surface area contributed by atoms with Gasteiger partial charge in [0.25, 0.3) is 0 Å². The van der Waals surface area contributed by atoms with Crippen molar-refractivity contribution in [2.45, 2.75) is 18.6 Å². The lowest BCUT2D eigenvalue weighted by Gasteiger charge is -2.24. The molecule has 0 saturated carbocycles. The minimum atomic E-state index is 0.0570. The number of rotatable bonds is 3. The van der Waals surface area contributed by atoms with Crippen LogP contribution in [0.15, 0.2) is 85.2 Å². The van der Waals surface area contributed by atoms with Crippen molar-refractivity contribution < 1.29 is 4.84 Å². The number of aromatic nitrogens is 1. The molecule has 0 radical (unpaired) electrons. The van der Waals surface area contributed by atoms with Crippen LogP contribution in [0.4, 0.5) is 5.69 Å². The lowest BCUT2D eigenvalue weighted by atomic mass is 9.99. The summed E-state index contributed by atoms with van der Waals surface area (Å²) in [4.78, 5) is 10.6. The molecule has 3 heteroatoms. The molecule has 1 aromatic heterocycles. The number of hydroxylamine groups is 1. The summed E-state index contributed by atoms with van der Waals surface area (Å²) < 4.78 is 0. The SMILES string of the molecule is c1ccc([C@H]2C[C@@H](c3cccnc3)N(c3ccccc3)O2)cc1. The number of hydrogen-bond acceptors (Lipinski definition) is 3. The summed E-state index contributed by atoms with van der Waals surface area (Å²) >= 11 is 0. The van der Waals surface area contributed by atoms with Crippen molar-refractivity contribution in [3.8, 4) is 0 Å². The highest BCUT2D eigenvalue weighted by Gasteiger charge is 2.35. The van der Waals surface area contributed by atoms with Crippen LogP contribution in [-0.2, 0) is 4.84 Å². The number of benzene rings is 2. The zero-order valence-corrected chi connectivity index (χ0v) is 12.7. The van der Waals surface area contributed by atoms with E-state index in [1.165, 1.54) is 11.1 Å². The van der Waals surface area contributed by atoms with Crippen LogP contribution < -0.4 is 5.06 Å². The first-order valence-corrected chi connectivity index (χ1v) is 7.88. The molecule has 1 aliphatic heterocycles. The third-order valence-corrected chi connectivity index (χ3v) is 4.21. The molecule has 0 aliphatic carbocycles. The Hall–Kier alpha value is -2.65. The first kappa shape index (κ1) is 14.0. The summed E-state index contributed by atoms with van der Waals surface area (Å²) in [6, 6.07) is 24.9. The molecule has 0 amide bonds. The number of nitrogens with zero attached hydrogens (tertiary/aromatic N) is 2. The van der Waals surface area contributed by atoms with Gasteiger partial charge in [0, 0.05) is 18.8 Å². The summed E-state index contributed by atoms with van der Waals surface area (Å²) in [6.07, 6.45) is 4.70. The van der Waals surface area contributed by atoms with Gasteiger partial charge in [-0.25, -0.2) is 5.06 Å². The van der Waals surface area contributed by atoms with E-state index in [4.69, 9.17) is 4.84 Å². The lowest BCUT2D eigenvalue weighted by Crippen LogP contribution is -2.21. The van der Waals surface area contributed by atoms with E-state index in [2.05, 4.69) is 47.4 Å². The van der Waals surface area contributed by atoms with Gasteiger partial charge in [0.1, 0.15) is 6.10 Å². The second kappa shape index (κ2) is 6.23. The lowest BCUT2D eigenvalue weighted by molar-refractivity contribution is 0.0836. The van der Waals surface area contributed by atoms with Gasteiger partial charge >= 0.3 is 0 Å². The summed E-state index contributed by atoms with van der Waals surface area (Å²) in [6.45, 7) is 0. The number of anilines is 1. The molecule has 0 unspecified atom stereocenters. The molecule has 3 nitrogen and oxygen atoms in total. The molecule has 2 aromatic carbocycles. The van der Waals surface area contributed by atoms with E-state index in [1.807, 2.05) is 41.6 Å². The molecule has 4 rings (SSSR count). The van der Waals surface area contributed by atoms with Crippen LogP contribution in [0.25, 0.3) is 0 Å². The molecular weight excluding hydrogens is 284 g/mol. The van der Waals surface area contributed by atoms with Crippen LogP contribution in [0, 0.1) is 0 Å². The van der Waals surface area contributed by atoms with Crippen molar-refractivity contribution in [2.24, 2.45) is 0 Å². The zero-order valence-electron chi connectivity index (χ0n) is 12.7. The smallest absolute Gasteiger partial charge is 0.113 e. The van der Waals surface area contributed by atoms with Crippen molar-refractivity contribution in [1.82, 2.24) is 4.98 Å². The maximum atomic E-state index is 6.31. The standard InChI is InChI=1S/C20H18N2O/c1-3-8-16(9-4-1)20-14-19(17-10-7-13-21-15-17)22(23-20)18-11-5-2-6-12-18/h1-13,15,19-20H,14H2/t19-,20+/m0/s1. The Kier molecular flexibility index (Phi) is 3.78. The summed E-state index contributed by atoms with van der Waals surface area (Å²) in [5.41, 5.74) is 3.45.